The number of carbonyl (C=O) groups is 1. The number of amides is 1. The lowest BCUT2D eigenvalue weighted by Crippen LogP contribution is -2.46. The third kappa shape index (κ3) is 5.03. The third-order valence-electron chi connectivity index (χ3n) is 3.87. The van der Waals surface area contributed by atoms with E-state index in [0.717, 1.165) is 0 Å². The van der Waals surface area contributed by atoms with Gasteiger partial charge in [-0.15, -0.1) is 0 Å². The van der Waals surface area contributed by atoms with Gasteiger partial charge >= 0.3 is 0 Å². The fourth-order valence-electron chi connectivity index (χ4n) is 2.46. The molecule has 1 aliphatic rings. The Bertz CT molecular complexity index is 414. The van der Waals surface area contributed by atoms with Gasteiger partial charge in [0.05, 0.1) is 6.26 Å². The smallest absolute Gasteiger partial charge is 0.223 e. The van der Waals surface area contributed by atoms with Gasteiger partial charge in [-0.2, -0.15) is 0 Å². The molecule has 0 aromatic heterocycles. The number of carbonyl (C=O) groups excluding carboxylic acids is 1. The van der Waals surface area contributed by atoms with Crippen LogP contribution in [0, 0.1) is 11.8 Å². The van der Waals surface area contributed by atoms with Crippen LogP contribution >= 0.6 is 0 Å². The van der Waals surface area contributed by atoms with Crippen molar-refractivity contribution in [2.24, 2.45) is 11.8 Å². The van der Waals surface area contributed by atoms with Crippen LogP contribution in [-0.4, -0.2) is 55.7 Å². The van der Waals surface area contributed by atoms with Gasteiger partial charge in [0, 0.05) is 31.7 Å². The Labute approximate surface area is 121 Å². The Hall–Kier alpha value is -0.660. The summed E-state index contributed by atoms with van der Waals surface area (Å²) in [7, 11) is -3.15. The summed E-state index contributed by atoms with van der Waals surface area (Å²) in [6.07, 6.45) is 2.86. The van der Waals surface area contributed by atoms with Crippen LogP contribution < -0.4 is 5.32 Å². The van der Waals surface area contributed by atoms with Crippen molar-refractivity contribution in [1.82, 2.24) is 9.62 Å². The number of sulfonamides is 1. The van der Waals surface area contributed by atoms with E-state index in [1.165, 1.54) is 10.6 Å². The summed E-state index contributed by atoms with van der Waals surface area (Å²) < 4.78 is 24.2. The molecule has 1 unspecified atom stereocenters. The van der Waals surface area contributed by atoms with Crippen molar-refractivity contribution in [3.8, 4) is 0 Å². The molecule has 0 aromatic rings. The normalized spacial score (nSPS) is 20.1. The highest BCUT2D eigenvalue weighted by Crippen LogP contribution is 2.20. The fourth-order valence-corrected chi connectivity index (χ4v) is 3.34. The first-order valence-electron chi connectivity index (χ1n) is 7.12. The summed E-state index contributed by atoms with van der Waals surface area (Å²) in [5.41, 5.74) is 0. The molecule has 2 N–H and O–H groups in total. The average molecular weight is 306 g/mol. The second-order valence-corrected chi connectivity index (χ2v) is 7.79. The fraction of sp³-hybridized carbons (Fsp3) is 0.923. The van der Waals surface area contributed by atoms with Crippen LogP contribution in [0.3, 0.4) is 0 Å². The second-order valence-electron chi connectivity index (χ2n) is 5.81. The molecular formula is C13H26N2O4S. The largest absolute Gasteiger partial charge is 0.396 e. The molecule has 0 aliphatic carbocycles. The van der Waals surface area contributed by atoms with E-state index in [2.05, 4.69) is 5.32 Å². The van der Waals surface area contributed by atoms with Gasteiger partial charge in [0.25, 0.3) is 0 Å². The molecule has 0 bridgehead atoms. The monoisotopic (exact) mass is 306 g/mol. The highest BCUT2D eigenvalue weighted by molar-refractivity contribution is 7.88. The van der Waals surface area contributed by atoms with Crippen LogP contribution in [0.1, 0.15) is 33.1 Å². The lowest BCUT2D eigenvalue weighted by Gasteiger charge is -2.31. The molecule has 0 radical (unpaired) electrons. The lowest BCUT2D eigenvalue weighted by atomic mass is 9.95. The molecule has 1 fully saturated rings. The van der Waals surface area contributed by atoms with E-state index in [0.29, 0.717) is 32.4 Å². The van der Waals surface area contributed by atoms with Crippen molar-refractivity contribution >= 4 is 15.9 Å². The zero-order valence-corrected chi connectivity index (χ0v) is 13.3. The zero-order chi connectivity index (χ0) is 15.3. The van der Waals surface area contributed by atoms with Crippen LogP contribution in [0.25, 0.3) is 0 Å². The summed E-state index contributed by atoms with van der Waals surface area (Å²) in [6.45, 7) is 4.88. The van der Waals surface area contributed by atoms with Gasteiger partial charge in [-0.3, -0.25) is 4.79 Å². The number of rotatable bonds is 6. The number of nitrogens with one attached hydrogen (secondary N) is 1. The van der Waals surface area contributed by atoms with Gasteiger partial charge in [0.15, 0.2) is 0 Å². The van der Waals surface area contributed by atoms with E-state index in [-0.39, 0.29) is 30.4 Å². The van der Waals surface area contributed by atoms with Gasteiger partial charge < -0.3 is 10.4 Å². The number of aliphatic hydroxyl groups excluding tert-OH is 1. The van der Waals surface area contributed by atoms with Crippen LogP contribution in [0.15, 0.2) is 0 Å². The minimum absolute atomic E-state index is 0.0229. The third-order valence-corrected chi connectivity index (χ3v) is 5.17. The molecule has 0 spiro atoms. The molecule has 1 atom stereocenters. The van der Waals surface area contributed by atoms with E-state index in [1.54, 1.807) is 0 Å². The lowest BCUT2D eigenvalue weighted by molar-refractivity contribution is -0.127. The molecule has 1 saturated heterocycles. The van der Waals surface area contributed by atoms with Crippen molar-refractivity contribution < 1.29 is 18.3 Å². The Kier molecular flexibility index (Phi) is 6.42. The topological polar surface area (TPSA) is 86.7 Å². The number of hydrogen-bond donors (Lipinski definition) is 2. The van der Waals surface area contributed by atoms with Gasteiger partial charge in [-0.25, -0.2) is 12.7 Å². The number of piperidine rings is 1. The van der Waals surface area contributed by atoms with Crippen molar-refractivity contribution in [2.45, 2.75) is 39.2 Å². The van der Waals surface area contributed by atoms with Crippen LogP contribution in [0.5, 0.6) is 0 Å². The van der Waals surface area contributed by atoms with Crippen molar-refractivity contribution in [1.29, 1.82) is 0 Å². The van der Waals surface area contributed by atoms with Crippen molar-refractivity contribution in [3.05, 3.63) is 0 Å². The molecule has 6 nitrogen and oxygen atoms in total. The number of aliphatic hydroxyl groups is 1. The first-order valence-corrected chi connectivity index (χ1v) is 8.97. The number of hydrogen-bond acceptors (Lipinski definition) is 4. The maximum atomic E-state index is 12.2. The predicted octanol–water partition coefficient (Wildman–Crippen LogP) is 0.181. The summed E-state index contributed by atoms with van der Waals surface area (Å²) in [5.74, 6) is 0.112. The molecular weight excluding hydrogens is 280 g/mol. The molecule has 0 saturated carbocycles. The van der Waals surface area contributed by atoms with E-state index in [4.69, 9.17) is 5.11 Å². The number of nitrogens with zero attached hydrogens (tertiary/aromatic N) is 1. The van der Waals surface area contributed by atoms with Gasteiger partial charge in [0.2, 0.25) is 15.9 Å². The quantitative estimate of drug-likeness (QED) is 0.733. The maximum absolute atomic E-state index is 12.2. The SMILES string of the molecule is CC(C)C(CCO)NC(=O)C1CCN(S(C)(=O)=O)CC1. The zero-order valence-electron chi connectivity index (χ0n) is 12.5. The molecule has 0 aromatic carbocycles. The molecule has 118 valence electrons. The van der Waals surface area contributed by atoms with Gasteiger partial charge in [-0.05, 0) is 25.2 Å². The summed E-state index contributed by atoms with van der Waals surface area (Å²) >= 11 is 0. The van der Waals surface area contributed by atoms with Crippen LogP contribution in [0.2, 0.25) is 0 Å². The molecule has 1 amide bonds. The Morgan fingerprint density at radius 1 is 1.35 bits per heavy atom. The summed E-state index contributed by atoms with van der Waals surface area (Å²) in [4.78, 5) is 12.2. The molecule has 1 aliphatic heterocycles. The van der Waals surface area contributed by atoms with E-state index in [1.807, 2.05) is 13.8 Å². The highest BCUT2D eigenvalue weighted by atomic mass is 32.2. The van der Waals surface area contributed by atoms with Crippen LogP contribution in [-0.2, 0) is 14.8 Å². The molecule has 1 heterocycles. The summed E-state index contributed by atoms with van der Waals surface area (Å²) in [6, 6.07) is -0.0274. The average Bonchev–Trinajstić information content (AvgIpc) is 2.37. The van der Waals surface area contributed by atoms with Crippen molar-refractivity contribution in [3.63, 3.8) is 0 Å². The first kappa shape index (κ1) is 17.4. The van der Waals surface area contributed by atoms with Gasteiger partial charge in [0.1, 0.15) is 0 Å². The molecule has 20 heavy (non-hydrogen) atoms. The van der Waals surface area contributed by atoms with Crippen molar-refractivity contribution in [2.75, 3.05) is 26.0 Å². The van der Waals surface area contributed by atoms with E-state index < -0.39 is 10.0 Å². The Morgan fingerprint density at radius 2 is 1.90 bits per heavy atom. The second kappa shape index (κ2) is 7.38. The maximum Gasteiger partial charge on any atom is 0.223 e. The standard InChI is InChI=1S/C13H26N2O4S/c1-10(2)12(6-9-16)14-13(17)11-4-7-15(8-5-11)20(3,18)19/h10-12,16H,4-9H2,1-3H3,(H,14,17). The minimum atomic E-state index is -3.15. The highest BCUT2D eigenvalue weighted by Gasteiger charge is 2.30. The van der Waals surface area contributed by atoms with E-state index in [9.17, 15) is 13.2 Å². The molecule has 7 heteroatoms. The Balaban J connectivity index is 2.50. The predicted molar refractivity (Wildman–Crippen MR) is 77.6 cm³/mol. The molecule has 1 rings (SSSR count). The first-order chi connectivity index (χ1) is 9.25. The van der Waals surface area contributed by atoms with E-state index >= 15 is 0 Å². The van der Waals surface area contributed by atoms with Crippen LogP contribution in [0.4, 0.5) is 0 Å². The van der Waals surface area contributed by atoms with Gasteiger partial charge in [-0.1, -0.05) is 13.8 Å². The minimum Gasteiger partial charge on any atom is -0.396 e. The Morgan fingerprint density at radius 3 is 2.30 bits per heavy atom. The summed E-state index contributed by atoms with van der Waals surface area (Å²) in [5, 5.41) is 12.0.